The molecule has 0 aromatic heterocycles. The Labute approximate surface area is 97.3 Å². The van der Waals surface area contributed by atoms with Crippen LogP contribution in [0.2, 0.25) is 0 Å². The second-order valence-electron chi connectivity index (χ2n) is 0.378. The molecule has 0 bridgehead atoms. The van der Waals surface area contributed by atoms with Crippen LogP contribution in [-0.4, -0.2) is 57.2 Å². The standard InChI is InChI=1S/CHClO2.2CH2O2.Ca/c2-4-1-3;2*2-1-3;/h1H;2*1H,(H,2,3);/q;;;+2/p-2. The topological polar surface area (TPSA) is 107 Å². The molecule has 0 rings (SSSR count). The van der Waals surface area contributed by atoms with E-state index in [1.165, 1.54) is 0 Å². The molecule has 0 fully saturated rings. The van der Waals surface area contributed by atoms with Crippen molar-refractivity contribution in [3.63, 3.8) is 0 Å². The zero-order valence-corrected chi connectivity index (χ0v) is 8.23. The van der Waals surface area contributed by atoms with Crippen molar-refractivity contribution in [3.05, 3.63) is 0 Å². The fourth-order valence-corrected chi connectivity index (χ4v) is 0. The number of hydrogen-bond acceptors (Lipinski definition) is 6. The zero-order valence-electron chi connectivity index (χ0n) is 5.27. The SMILES string of the molecule is O=COCl.O=C[O-].O=C[O-].[Ca+2]. The summed E-state index contributed by atoms with van der Waals surface area (Å²) in [7, 11) is 0. The van der Waals surface area contributed by atoms with Gasteiger partial charge in [0, 0.05) is 12.9 Å². The molecular formula is C3H3CaClO6. The van der Waals surface area contributed by atoms with E-state index in [9.17, 15) is 0 Å². The Hall–Kier alpha value is -0.0403. The Bertz CT molecular complexity index is 72.2. The van der Waals surface area contributed by atoms with E-state index in [0.29, 0.717) is 0 Å². The summed E-state index contributed by atoms with van der Waals surface area (Å²) < 4.78 is 3.33. The van der Waals surface area contributed by atoms with Crippen molar-refractivity contribution in [3.8, 4) is 0 Å². The predicted molar refractivity (Wildman–Crippen MR) is 30.9 cm³/mol. The average Bonchev–Trinajstić information content (AvgIpc) is 1.91. The van der Waals surface area contributed by atoms with Crippen molar-refractivity contribution in [1.29, 1.82) is 0 Å². The molecule has 0 amide bonds. The van der Waals surface area contributed by atoms with Gasteiger partial charge in [0.1, 0.15) is 11.9 Å². The Morgan fingerprint density at radius 1 is 1.09 bits per heavy atom. The minimum atomic E-state index is -0.500. The van der Waals surface area contributed by atoms with Gasteiger partial charge < -0.3 is 24.1 Å². The van der Waals surface area contributed by atoms with Crippen molar-refractivity contribution in [2.75, 3.05) is 0 Å². The van der Waals surface area contributed by atoms with Crippen molar-refractivity contribution in [1.82, 2.24) is 0 Å². The van der Waals surface area contributed by atoms with E-state index in [1.54, 1.807) is 0 Å². The van der Waals surface area contributed by atoms with Gasteiger partial charge in [0.15, 0.2) is 0 Å². The van der Waals surface area contributed by atoms with Gasteiger partial charge in [-0.3, -0.25) is 4.79 Å². The molecule has 0 saturated carbocycles. The van der Waals surface area contributed by atoms with Gasteiger partial charge in [0.25, 0.3) is 0 Å². The molecule has 0 N–H and O–H groups in total. The maximum Gasteiger partial charge on any atom is 2.00 e. The summed E-state index contributed by atoms with van der Waals surface area (Å²) in [6, 6.07) is 0. The van der Waals surface area contributed by atoms with Gasteiger partial charge in [0.05, 0.1) is 0 Å². The molecule has 0 radical (unpaired) electrons. The molecule has 0 aromatic carbocycles. The zero-order chi connectivity index (χ0) is 8.83. The van der Waals surface area contributed by atoms with E-state index >= 15 is 0 Å². The number of carbonyl (C=O) groups excluding carboxylic acids is 3. The molecule has 0 unspecified atom stereocenters. The Balaban J connectivity index is -0.0000000325. The number of carbonyl (C=O) groups is 3. The van der Waals surface area contributed by atoms with Crippen LogP contribution in [0.15, 0.2) is 0 Å². The van der Waals surface area contributed by atoms with Gasteiger partial charge in [-0.1, -0.05) is 0 Å². The largest absolute Gasteiger partial charge is 2.00 e. The summed E-state index contributed by atoms with van der Waals surface area (Å²) in [6.07, 6.45) is 0. The quantitative estimate of drug-likeness (QED) is 0.331. The number of carboxylic acid groups (broad SMARTS) is 2. The first-order valence-electron chi connectivity index (χ1n) is 1.57. The van der Waals surface area contributed by atoms with Crippen LogP contribution in [0.5, 0.6) is 0 Å². The van der Waals surface area contributed by atoms with Gasteiger partial charge in [0.2, 0.25) is 0 Å². The molecule has 0 heterocycles. The fraction of sp³-hybridized carbons (Fsp3) is 0. The summed E-state index contributed by atoms with van der Waals surface area (Å²) in [5.74, 6) is 0. The normalized spacial score (nSPS) is 4.09. The Kier molecular flexibility index (Phi) is 104. The van der Waals surface area contributed by atoms with Gasteiger partial charge >= 0.3 is 44.2 Å². The molecule has 0 aliphatic carbocycles. The molecule has 6 nitrogen and oxygen atoms in total. The summed E-state index contributed by atoms with van der Waals surface area (Å²) in [6.45, 7) is -0.860. The second-order valence-corrected chi connectivity index (χ2v) is 0.556. The Morgan fingerprint density at radius 2 is 1.18 bits per heavy atom. The summed E-state index contributed by atoms with van der Waals surface area (Å²) in [5.41, 5.74) is 0. The predicted octanol–water partition coefficient (Wildman–Crippen LogP) is -3.34. The maximum absolute atomic E-state index is 8.82. The summed E-state index contributed by atoms with van der Waals surface area (Å²) in [5, 5.41) is 16.5. The minimum absolute atomic E-state index is 0. The average molecular weight is 211 g/mol. The molecule has 60 valence electrons. The monoisotopic (exact) mass is 210 g/mol. The third-order valence-electron chi connectivity index (χ3n) is 0.0364. The van der Waals surface area contributed by atoms with E-state index in [4.69, 9.17) is 24.6 Å². The molecular weight excluding hydrogens is 208 g/mol. The summed E-state index contributed by atoms with van der Waals surface area (Å²) >= 11 is 4.32. The van der Waals surface area contributed by atoms with Crippen LogP contribution < -0.4 is 10.2 Å². The van der Waals surface area contributed by atoms with E-state index in [0.717, 1.165) is 0 Å². The van der Waals surface area contributed by atoms with Gasteiger partial charge in [-0.05, 0) is 0 Å². The molecule has 11 heavy (non-hydrogen) atoms. The molecule has 0 atom stereocenters. The van der Waals surface area contributed by atoms with Crippen LogP contribution in [0.1, 0.15) is 0 Å². The van der Waals surface area contributed by atoms with Crippen molar-refractivity contribution < 1.29 is 28.9 Å². The van der Waals surface area contributed by atoms with Crippen LogP contribution in [0, 0.1) is 0 Å². The van der Waals surface area contributed by atoms with Crippen LogP contribution in [-0.2, 0) is 18.7 Å². The third kappa shape index (κ3) is 685. The second kappa shape index (κ2) is 51.0. The van der Waals surface area contributed by atoms with E-state index < -0.39 is 12.9 Å². The molecule has 0 aliphatic rings. The van der Waals surface area contributed by atoms with Gasteiger partial charge in [-0.25, -0.2) is 0 Å². The van der Waals surface area contributed by atoms with Crippen LogP contribution >= 0.6 is 11.9 Å². The van der Waals surface area contributed by atoms with Gasteiger partial charge in [-0.15, -0.1) is 0 Å². The summed E-state index contributed by atoms with van der Waals surface area (Å²) in [4.78, 5) is 25.3. The first-order valence-corrected chi connectivity index (χ1v) is 1.88. The van der Waals surface area contributed by atoms with E-state index in [2.05, 4.69) is 16.2 Å². The maximum atomic E-state index is 8.82. The van der Waals surface area contributed by atoms with Crippen molar-refractivity contribution >= 4 is 69.0 Å². The number of rotatable bonds is 1. The molecule has 0 aromatic rings. The third-order valence-corrected chi connectivity index (χ3v) is 0.109. The molecule has 0 spiro atoms. The minimum Gasteiger partial charge on any atom is -0.554 e. The molecule has 8 heteroatoms. The van der Waals surface area contributed by atoms with Crippen LogP contribution in [0.25, 0.3) is 0 Å². The van der Waals surface area contributed by atoms with Crippen molar-refractivity contribution in [2.45, 2.75) is 0 Å². The van der Waals surface area contributed by atoms with E-state index in [-0.39, 0.29) is 44.2 Å². The molecule has 0 saturated heterocycles. The Morgan fingerprint density at radius 3 is 1.18 bits per heavy atom. The van der Waals surface area contributed by atoms with Crippen molar-refractivity contribution in [2.24, 2.45) is 0 Å². The first-order chi connectivity index (χ1) is 4.74. The van der Waals surface area contributed by atoms with Crippen LogP contribution in [0.4, 0.5) is 0 Å². The first kappa shape index (κ1) is 22.4. The van der Waals surface area contributed by atoms with Crippen LogP contribution in [0.3, 0.4) is 0 Å². The van der Waals surface area contributed by atoms with Gasteiger partial charge in [-0.2, -0.15) is 0 Å². The van der Waals surface area contributed by atoms with E-state index in [1.807, 2.05) is 0 Å². The number of halogens is 1. The number of hydrogen-bond donors (Lipinski definition) is 0. The fourth-order valence-electron chi connectivity index (χ4n) is 0. The molecule has 0 aliphatic heterocycles. The smallest absolute Gasteiger partial charge is 0.554 e.